The van der Waals surface area contributed by atoms with E-state index in [9.17, 15) is 0 Å². The third-order valence-electron chi connectivity index (χ3n) is 1.34. The summed E-state index contributed by atoms with van der Waals surface area (Å²) in [5, 5.41) is 0. The molecule has 0 aliphatic heterocycles. The zero-order valence-corrected chi connectivity index (χ0v) is 7.55. The first-order chi connectivity index (χ1) is 4.76. The zero-order chi connectivity index (χ0) is 8.41. The zero-order valence-electron chi connectivity index (χ0n) is 7.55. The van der Waals surface area contributed by atoms with E-state index in [1.54, 1.807) is 0 Å². The van der Waals surface area contributed by atoms with Crippen molar-refractivity contribution >= 4 is 6.29 Å². The van der Waals surface area contributed by atoms with Crippen LogP contribution >= 0.6 is 0 Å². The van der Waals surface area contributed by atoms with Crippen molar-refractivity contribution in [3.8, 4) is 0 Å². The van der Waals surface area contributed by atoms with Gasteiger partial charge in [-0.2, -0.15) is 0 Å². The molecule has 0 saturated carbocycles. The van der Waals surface area contributed by atoms with Gasteiger partial charge in [-0.3, -0.25) is 0 Å². The normalized spacial score (nSPS) is 8.50. The maximum Gasteiger partial charge on any atom is 0.116 e. The van der Waals surface area contributed by atoms with Gasteiger partial charge in [0.05, 0.1) is 0 Å². The van der Waals surface area contributed by atoms with Gasteiger partial charge in [0.2, 0.25) is 0 Å². The first-order valence-electron chi connectivity index (χ1n) is 3.88. The van der Waals surface area contributed by atoms with Crippen LogP contribution in [0, 0.1) is 0 Å². The monoisotopic (exact) mass is 145 g/mol. The van der Waals surface area contributed by atoms with Crippen LogP contribution in [0.25, 0.3) is 0 Å². The van der Waals surface area contributed by atoms with Gasteiger partial charge in [0.25, 0.3) is 0 Å². The minimum absolute atomic E-state index is 0.750. The summed E-state index contributed by atoms with van der Waals surface area (Å²) in [5.41, 5.74) is 0. The lowest BCUT2D eigenvalue weighted by atomic mass is 10.5. The second-order valence-corrected chi connectivity index (χ2v) is 1.86. The highest BCUT2D eigenvalue weighted by molar-refractivity contribution is 5.44. The molecule has 0 N–H and O–H groups in total. The van der Waals surface area contributed by atoms with Gasteiger partial charge in [-0.1, -0.05) is 20.8 Å². The molecule has 0 aromatic carbocycles. The second kappa shape index (κ2) is 11.4. The van der Waals surface area contributed by atoms with Crippen molar-refractivity contribution in [2.45, 2.75) is 27.7 Å². The smallest absolute Gasteiger partial charge is 0.116 e. The maximum absolute atomic E-state index is 8.81. The van der Waals surface area contributed by atoms with Crippen molar-refractivity contribution in [2.75, 3.05) is 19.6 Å². The third-order valence-corrected chi connectivity index (χ3v) is 1.34. The molecule has 0 spiro atoms. The van der Waals surface area contributed by atoms with Gasteiger partial charge in [-0.05, 0) is 26.6 Å². The molecule has 0 aromatic rings. The molecule has 0 amide bonds. The van der Waals surface area contributed by atoms with E-state index < -0.39 is 0 Å². The molecular weight excluding hydrogens is 126 g/mol. The standard InChI is InChI=1S/C6H15N.C2H4O/c1-4-7(5-2)6-3;1-2-3/h4-6H2,1-3H3;2H,1H3. The van der Waals surface area contributed by atoms with Crippen molar-refractivity contribution in [2.24, 2.45) is 0 Å². The number of nitrogens with zero attached hydrogens (tertiary/aromatic N) is 1. The maximum atomic E-state index is 8.81. The molecular formula is C8H19NO. The minimum atomic E-state index is 0.750. The number of carbonyl (C=O) groups excluding carboxylic acids is 1. The van der Waals surface area contributed by atoms with E-state index in [-0.39, 0.29) is 0 Å². The number of aldehydes is 1. The summed E-state index contributed by atoms with van der Waals surface area (Å²) in [5.74, 6) is 0. The molecule has 0 aliphatic carbocycles. The highest BCUT2D eigenvalue weighted by atomic mass is 16.1. The number of rotatable bonds is 3. The SMILES string of the molecule is CC=O.CCN(CC)CC. The lowest BCUT2D eigenvalue weighted by molar-refractivity contribution is -0.106. The molecule has 0 heterocycles. The first kappa shape index (κ1) is 12.3. The molecule has 2 nitrogen and oxygen atoms in total. The average Bonchev–Trinajstić information content (AvgIpc) is 1.93. The van der Waals surface area contributed by atoms with E-state index in [4.69, 9.17) is 4.79 Å². The highest BCUT2D eigenvalue weighted by Gasteiger charge is 1.89. The Morgan fingerprint density at radius 1 is 1.10 bits per heavy atom. The van der Waals surface area contributed by atoms with Gasteiger partial charge in [0, 0.05) is 0 Å². The Hall–Kier alpha value is -0.370. The fraction of sp³-hybridized carbons (Fsp3) is 0.875. The molecule has 0 rings (SSSR count). The van der Waals surface area contributed by atoms with Crippen LogP contribution in [0.3, 0.4) is 0 Å². The predicted octanol–water partition coefficient (Wildman–Crippen LogP) is 1.55. The van der Waals surface area contributed by atoms with E-state index in [0.29, 0.717) is 0 Å². The van der Waals surface area contributed by atoms with E-state index in [2.05, 4.69) is 25.7 Å². The molecule has 0 fully saturated rings. The van der Waals surface area contributed by atoms with Crippen molar-refractivity contribution in [3.63, 3.8) is 0 Å². The average molecular weight is 145 g/mol. The molecule has 0 radical (unpaired) electrons. The Morgan fingerprint density at radius 3 is 1.30 bits per heavy atom. The molecule has 62 valence electrons. The molecule has 0 bridgehead atoms. The Bertz CT molecular complexity index is 54.8. The summed E-state index contributed by atoms with van der Waals surface area (Å²) in [4.78, 5) is 11.2. The molecule has 0 aromatic heterocycles. The van der Waals surface area contributed by atoms with Crippen LogP contribution in [0.1, 0.15) is 27.7 Å². The van der Waals surface area contributed by atoms with Gasteiger partial charge in [-0.25, -0.2) is 0 Å². The van der Waals surface area contributed by atoms with Gasteiger partial charge in [0.15, 0.2) is 0 Å². The van der Waals surface area contributed by atoms with E-state index in [1.165, 1.54) is 26.6 Å². The van der Waals surface area contributed by atoms with Crippen LogP contribution in [0.15, 0.2) is 0 Å². The Kier molecular flexibility index (Phi) is 14.1. The largest absolute Gasteiger partial charge is 0.304 e. The van der Waals surface area contributed by atoms with E-state index in [0.717, 1.165) is 6.29 Å². The van der Waals surface area contributed by atoms with Crippen molar-refractivity contribution in [3.05, 3.63) is 0 Å². The van der Waals surface area contributed by atoms with Crippen molar-refractivity contribution < 1.29 is 4.79 Å². The van der Waals surface area contributed by atoms with E-state index in [1.807, 2.05) is 0 Å². The van der Waals surface area contributed by atoms with Crippen LogP contribution in [-0.2, 0) is 4.79 Å². The Morgan fingerprint density at radius 2 is 1.30 bits per heavy atom. The molecule has 0 unspecified atom stereocenters. The number of hydrogen-bond donors (Lipinski definition) is 0. The summed E-state index contributed by atoms with van der Waals surface area (Å²) in [6.07, 6.45) is 0.750. The van der Waals surface area contributed by atoms with Gasteiger partial charge in [0.1, 0.15) is 6.29 Å². The fourth-order valence-electron chi connectivity index (χ4n) is 0.671. The Labute approximate surface area is 64.2 Å². The van der Waals surface area contributed by atoms with Gasteiger partial charge in [-0.15, -0.1) is 0 Å². The van der Waals surface area contributed by atoms with Crippen molar-refractivity contribution in [1.82, 2.24) is 4.90 Å². The number of hydrogen-bond acceptors (Lipinski definition) is 2. The highest BCUT2D eigenvalue weighted by Crippen LogP contribution is 1.81. The topological polar surface area (TPSA) is 20.3 Å². The summed E-state index contributed by atoms with van der Waals surface area (Å²) >= 11 is 0. The second-order valence-electron chi connectivity index (χ2n) is 1.86. The van der Waals surface area contributed by atoms with Gasteiger partial charge < -0.3 is 9.69 Å². The number of carbonyl (C=O) groups is 1. The predicted molar refractivity (Wildman–Crippen MR) is 45.2 cm³/mol. The first-order valence-corrected chi connectivity index (χ1v) is 3.88. The van der Waals surface area contributed by atoms with Crippen LogP contribution in [0.5, 0.6) is 0 Å². The Balaban J connectivity index is 0. The van der Waals surface area contributed by atoms with Gasteiger partial charge >= 0.3 is 0 Å². The summed E-state index contributed by atoms with van der Waals surface area (Å²) < 4.78 is 0. The summed E-state index contributed by atoms with van der Waals surface area (Å²) in [7, 11) is 0. The molecule has 0 atom stereocenters. The summed E-state index contributed by atoms with van der Waals surface area (Å²) in [6.45, 7) is 11.6. The lowest BCUT2D eigenvalue weighted by Crippen LogP contribution is -2.21. The molecule has 0 saturated heterocycles. The molecule has 0 aliphatic rings. The molecule has 10 heavy (non-hydrogen) atoms. The van der Waals surface area contributed by atoms with Crippen LogP contribution < -0.4 is 0 Å². The minimum Gasteiger partial charge on any atom is -0.304 e. The molecule has 2 heteroatoms. The van der Waals surface area contributed by atoms with E-state index >= 15 is 0 Å². The lowest BCUT2D eigenvalue weighted by Gasteiger charge is -2.13. The fourth-order valence-corrected chi connectivity index (χ4v) is 0.671. The quantitative estimate of drug-likeness (QED) is 0.562. The van der Waals surface area contributed by atoms with Crippen molar-refractivity contribution in [1.29, 1.82) is 0 Å². The summed E-state index contributed by atoms with van der Waals surface area (Å²) in [6, 6.07) is 0. The van der Waals surface area contributed by atoms with Crippen LogP contribution in [-0.4, -0.2) is 30.8 Å². The van der Waals surface area contributed by atoms with Crippen LogP contribution in [0.4, 0.5) is 0 Å². The van der Waals surface area contributed by atoms with Crippen LogP contribution in [0.2, 0.25) is 0 Å². The third kappa shape index (κ3) is 10.6.